The second-order valence-electron chi connectivity index (χ2n) is 5.10. The fraction of sp³-hybridized carbons (Fsp3) is 0.235. The summed E-state index contributed by atoms with van der Waals surface area (Å²) in [6.45, 7) is 2.15. The summed E-state index contributed by atoms with van der Waals surface area (Å²) >= 11 is 11.3. The molecule has 0 amide bonds. The lowest BCUT2D eigenvalue weighted by Gasteiger charge is -2.18. The third-order valence-electron chi connectivity index (χ3n) is 3.37. The van der Waals surface area contributed by atoms with E-state index in [1.54, 1.807) is 6.07 Å². The predicted molar refractivity (Wildman–Crippen MR) is 95.2 cm³/mol. The fourth-order valence-corrected chi connectivity index (χ4v) is 2.81. The van der Waals surface area contributed by atoms with Gasteiger partial charge in [-0.1, -0.05) is 60.2 Å². The average Bonchev–Trinajstić information content (AvgIpc) is 2.46. The van der Waals surface area contributed by atoms with Crippen molar-refractivity contribution < 1.29 is 0 Å². The molecule has 0 aliphatic rings. The summed E-state index contributed by atoms with van der Waals surface area (Å²) in [5.41, 5.74) is 8.72. The number of aryl methyl sites for hydroxylation is 1. The number of nitrogens with two attached hydrogens (primary N) is 1. The van der Waals surface area contributed by atoms with Crippen LogP contribution in [0, 0.1) is 0 Å². The maximum atomic E-state index is 6.17. The lowest BCUT2D eigenvalue weighted by Crippen LogP contribution is -2.20. The topological polar surface area (TPSA) is 38.0 Å². The van der Waals surface area contributed by atoms with E-state index in [2.05, 4.69) is 36.5 Å². The molecule has 21 heavy (non-hydrogen) atoms. The number of hydrogen-bond acceptors (Lipinski definition) is 2. The Morgan fingerprint density at radius 1 is 1.19 bits per heavy atom. The summed E-state index contributed by atoms with van der Waals surface area (Å²) in [4.78, 5) is 0.318. The molecule has 3 N–H and O–H groups in total. The first-order chi connectivity index (χ1) is 10.1. The van der Waals surface area contributed by atoms with Crippen LogP contribution in [-0.4, -0.2) is 11.0 Å². The molecule has 0 aliphatic carbocycles. The fourth-order valence-electron chi connectivity index (χ4n) is 2.26. The van der Waals surface area contributed by atoms with Crippen LogP contribution in [-0.2, 0) is 6.42 Å². The summed E-state index contributed by atoms with van der Waals surface area (Å²) in [6.07, 6.45) is 2.05. The minimum absolute atomic E-state index is 0.303. The van der Waals surface area contributed by atoms with Crippen LogP contribution >= 0.6 is 23.8 Å². The molecule has 1 atom stereocenters. The molecule has 0 fully saturated rings. The Bertz CT molecular complexity index is 613. The summed E-state index contributed by atoms with van der Waals surface area (Å²) in [6, 6.07) is 16.4. The van der Waals surface area contributed by atoms with E-state index in [4.69, 9.17) is 29.6 Å². The molecule has 0 heterocycles. The van der Waals surface area contributed by atoms with Crippen molar-refractivity contribution in [3.8, 4) is 0 Å². The third-order valence-corrected chi connectivity index (χ3v) is 3.89. The zero-order valence-corrected chi connectivity index (χ0v) is 13.5. The van der Waals surface area contributed by atoms with E-state index in [9.17, 15) is 0 Å². The Morgan fingerprint density at radius 2 is 1.90 bits per heavy atom. The molecule has 4 heteroatoms. The van der Waals surface area contributed by atoms with E-state index in [1.165, 1.54) is 5.56 Å². The Labute approximate surface area is 136 Å². The largest absolute Gasteiger partial charge is 0.389 e. The van der Waals surface area contributed by atoms with Crippen LogP contribution in [0.15, 0.2) is 48.5 Å². The van der Waals surface area contributed by atoms with Gasteiger partial charge in [-0.15, -0.1) is 0 Å². The Morgan fingerprint density at radius 3 is 2.57 bits per heavy atom. The van der Waals surface area contributed by atoms with Gasteiger partial charge >= 0.3 is 0 Å². The van der Waals surface area contributed by atoms with E-state index >= 15 is 0 Å². The number of rotatable bonds is 6. The zero-order valence-electron chi connectivity index (χ0n) is 12.0. The minimum atomic E-state index is 0.303. The second-order valence-corrected chi connectivity index (χ2v) is 5.94. The molecule has 2 aromatic rings. The van der Waals surface area contributed by atoms with E-state index in [-0.39, 0.29) is 0 Å². The number of anilines is 1. The molecule has 2 rings (SSSR count). The van der Waals surface area contributed by atoms with Crippen molar-refractivity contribution in [1.82, 2.24) is 0 Å². The van der Waals surface area contributed by atoms with Gasteiger partial charge < -0.3 is 11.1 Å². The zero-order chi connectivity index (χ0) is 15.2. The van der Waals surface area contributed by atoms with Gasteiger partial charge in [0.2, 0.25) is 0 Å². The molecule has 0 aliphatic heterocycles. The molecule has 0 bridgehead atoms. The van der Waals surface area contributed by atoms with Crippen molar-refractivity contribution in [2.45, 2.75) is 25.8 Å². The van der Waals surface area contributed by atoms with Gasteiger partial charge in [-0.05, 0) is 37.5 Å². The maximum Gasteiger partial charge on any atom is 0.107 e. The lowest BCUT2D eigenvalue weighted by molar-refractivity contribution is 0.706. The molecule has 0 spiro atoms. The van der Waals surface area contributed by atoms with Crippen LogP contribution in [0.4, 0.5) is 5.69 Å². The lowest BCUT2D eigenvalue weighted by atomic mass is 10.1. The quantitative estimate of drug-likeness (QED) is 0.775. The highest BCUT2D eigenvalue weighted by atomic mass is 35.5. The SMILES string of the molecule is CC(CCc1ccccc1)Nc1cccc(Cl)c1C(N)=S. The molecule has 2 aromatic carbocycles. The van der Waals surface area contributed by atoms with Gasteiger partial charge in [-0.3, -0.25) is 0 Å². The summed E-state index contributed by atoms with van der Waals surface area (Å²) in [7, 11) is 0. The average molecular weight is 319 g/mol. The van der Waals surface area contributed by atoms with Crippen molar-refractivity contribution in [3.05, 3.63) is 64.7 Å². The summed E-state index contributed by atoms with van der Waals surface area (Å²) in [5.74, 6) is 0. The van der Waals surface area contributed by atoms with Crippen molar-refractivity contribution in [3.63, 3.8) is 0 Å². The number of hydrogen-bond donors (Lipinski definition) is 2. The predicted octanol–water partition coefficient (Wildman–Crippen LogP) is 4.41. The molecule has 110 valence electrons. The summed E-state index contributed by atoms with van der Waals surface area (Å²) < 4.78 is 0. The standard InChI is InChI=1S/C17H19ClN2S/c1-12(10-11-13-6-3-2-4-7-13)20-15-9-5-8-14(18)16(15)17(19)21/h2-9,12,20H,10-11H2,1H3,(H2,19,21). The van der Waals surface area contributed by atoms with Gasteiger partial charge in [-0.25, -0.2) is 0 Å². The smallest absolute Gasteiger partial charge is 0.107 e. The van der Waals surface area contributed by atoms with Gasteiger partial charge in [0.25, 0.3) is 0 Å². The molecule has 2 nitrogen and oxygen atoms in total. The van der Waals surface area contributed by atoms with E-state index in [0.717, 1.165) is 24.1 Å². The highest BCUT2D eigenvalue weighted by Gasteiger charge is 2.11. The van der Waals surface area contributed by atoms with E-state index in [1.807, 2.05) is 18.2 Å². The minimum Gasteiger partial charge on any atom is -0.389 e. The van der Waals surface area contributed by atoms with Crippen molar-refractivity contribution >= 4 is 34.5 Å². The molecule has 0 radical (unpaired) electrons. The molecule has 1 unspecified atom stereocenters. The molecular weight excluding hydrogens is 300 g/mol. The first kappa shape index (κ1) is 15.8. The Hall–Kier alpha value is -1.58. The second kappa shape index (κ2) is 7.43. The van der Waals surface area contributed by atoms with Crippen molar-refractivity contribution in [1.29, 1.82) is 0 Å². The van der Waals surface area contributed by atoms with Gasteiger partial charge in [0.05, 0.1) is 10.6 Å². The van der Waals surface area contributed by atoms with Crippen LogP contribution in [0.1, 0.15) is 24.5 Å². The van der Waals surface area contributed by atoms with Crippen LogP contribution in [0.25, 0.3) is 0 Å². The number of halogens is 1. The van der Waals surface area contributed by atoms with Crippen molar-refractivity contribution in [2.75, 3.05) is 5.32 Å². The van der Waals surface area contributed by atoms with Crippen LogP contribution < -0.4 is 11.1 Å². The van der Waals surface area contributed by atoms with Crippen LogP contribution in [0.3, 0.4) is 0 Å². The summed E-state index contributed by atoms with van der Waals surface area (Å²) in [5, 5.41) is 4.04. The monoisotopic (exact) mass is 318 g/mol. The highest BCUT2D eigenvalue weighted by molar-refractivity contribution is 7.80. The third kappa shape index (κ3) is 4.45. The van der Waals surface area contributed by atoms with Crippen LogP contribution in [0.2, 0.25) is 5.02 Å². The van der Waals surface area contributed by atoms with Crippen LogP contribution in [0.5, 0.6) is 0 Å². The first-order valence-electron chi connectivity index (χ1n) is 6.96. The highest BCUT2D eigenvalue weighted by Crippen LogP contribution is 2.25. The Kier molecular flexibility index (Phi) is 5.59. The van der Waals surface area contributed by atoms with Gasteiger partial charge in [0.1, 0.15) is 4.99 Å². The van der Waals surface area contributed by atoms with E-state index in [0.29, 0.717) is 16.1 Å². The van der Waals surface area contributed by atoms with Gasteiger partial charge in [0.15, 0.2) is 0 Å². The van der Waals surface area contributed by atoms with Gasteiger partial charge in [-0.2, -0.15) is 0 Å². The normalized spacial score (nSPS) is 11.9. The molecule has 0 saturated carbocycles. The Balaban J connectivity index is 2.01. The molecule has 0 aromatic heterocycles. The maximum absolute atomic E-state index is 6.17. The van der Waals surface area contributed by atoms with Gasteiger partial charge in [0, 0.05) is 11.7 Å². The van der Waals surface area contributed by atoms with E-state index < -0.39 is 0 Å². The first-order valence-corrected chi connectivity index (χ1v) is 7.75. The number of thiocarbonyl (C=S) groups is 1. The number of nitrogens with one attached hydrogen (secondary N) is 1. The molecular formula is C17H19ClN2S. The molecule has 0 saturated heterocycles. The number of benzene rings is 2. The van der Waals surface area contributed by atoms with Crippen molar-refractivity contribution in [2.24, 2.45) is 5.73 Å².